The van der Waals surface area contributed by atoms with E-state index in [9.17, 15) is 4.79 Å². The first-order valence-corrected chi connectivity index (χ1v) is 3.26. The average molecular weight is 175 g/mol. The molecule has 0 saturated heterocycles. The number of hydrogen-bond acceptors (Lipinski definition) is 1. The summed E-state index contributed by atoms with van der Waals surface area (Å²) in [6.07, 6.45) is 3.27. The van der Waals surface area contributed by atoms with Gasteiger partial charge in [-0.15, -0.1) is 0 Å². The second kappa shape index (κ2) is 8.98. The van der Waals surface area contributed by atoms with Gasteiger partial charge >= 0.3 is 5.97 Å². The van der Waals surface area contributed by atoms with Crippen LogP contribution in [0.5, 0.6) is 0 Å². The van der Waals surface area contributed by atoms with E-state index in [1.54, 1.807) is 12.2 Å². The van der Waals surface area contributed by atoms with Crippen LogP contribution >= 0.6 is 11.6 Å². The maximum Gasteiger partial charge on any atom is 0.330 e. The Hall–Kier alpha value is -1.02. The van der Waals surface area contributed by atoms with Crippen molar-refractivity contribution < 1.29 is 9.90 Å². The molecule has 0 rings (SSSR count). The maximum absolute atomic E-state index is 9.60. The van der Waals surface area contributed by atoms with E-state index < -0.39 is 5.97 Å². The van der Waals surface area contributed by atoms with Crippen molar-refractivity contribution in [1.29, 1.82) is 0 Å². The van der Waals surface area contributed by atoms with Gasteiger partial charge < -0.3 is 5.11 Å². The summed E-state index contributed by atoms with van der Waals surface area (Å²) in [5.41, 5.74) is 1.59. The lowest BCUT2D eigenvalue weighted by molar-refractivity contribution is -0.132. The lowest BCUT2D eigenvalue weighted by Crippen LogP contribution is -1.92. The van der Waals surface area contributed by atoms with E-state index in [0.29, 0.717) is 0 Å². The molecule has 3 heteroatoms. The van der Waals surface area contributed by atoms with Gasteiger partial charge in [0.05, 0.1) is 0 Å². The standard InChI is InChI=1S/C4H5Cl.C4H6O2/c1-2-3-4-5;1-3(2)4(5)6/h2-4H,1H2;1H2,2H3,(H,5,6). The highest BCUT2D eigenvalue weighted by Crippen LogP contribution is 1.81. The number of carboxylic acid groups (broad SMARTS) is 1. The lowest BCUT2D eigenvalue weighted by atomic mass is 10.4. The third-order valence-corrected chi connectivity index (χ3v) is 0.719. The third-order valence-electron chi connectivity index (χ3n) is 0.574. The van der Waals surface area contributed by atoms with Crippen LogP contribution in [-0.4, -0.2) is 11.1 Å². The van der Waals surface area contributed by atoms with Gasteiger partial charge in [-0.05, 0) is 6.92 Å². The Labute approximate surface area is 71.5 Å². The van der Waals surface area contributed by atoms with Gasteiger partial charge in [0.2, 0.25) is 0 Å². The van der Waals surface area contributed by atoms with E-state index in [2.05, 4.69) is 13.2 Å². The van der Waals surface area contributed by atoms with Crippen LogP contribution in [0, 0.1) is 0 Å². The van der Waals surface area contributed by atoms with Gasteiger partial charge in [0.25, 0.3) is 0 Å². The predicted molar refractivity (Wildman–Crippen MR) is 47.6 cm³/mol. The summed E-state index contributed by atoms with van der Waals surface area (Å²) in [6, 6.07) is 0. The highest BCUT2D eigenvalue weighted by atomic mass is 35.5. The van der Waals surface area contributed by atoms with E-state index in [4.69, 9.17) is 16.7 Å². The Bertz CT molecular complexity index is 159. The average Bonchev–Trinajstić information content (AvgIpc) is 1.90. The van der Waals surface area contributed by atoms with Crippen molar-refractivity contribution in [2.45, 2.75) is 6.92 Å². The molecule has 0 fully saturated rings. The summed E-state index contributed by atoms with van der Waals surface area (Å²) in [5, 5.41) is 7.89. The van der Waals surface area contributed by atoms with Gasteiger partial charge in [0.15, 0.2) is 0 Å². The first-order valence-electron chi connectivity index (χ1n) is 2.82. The van der Waals surface area contributed by atoms with Gasteiger partial charge in [-0.25, -0.2) is 4.79 Å². The second-order valence-electron chi connectivity index (χ2n) is 1.64. The van der Waals surface area contributed by atoms with Crippen molar-refractivity contribution in [3.63, 3.8) is 0 Å². The summed E-state index contributed by atoms with van der Waals surface area (Å²) in [7, 11) is 0. The Kier molecular flexibility index (Phi) is 10.3. The second-order valence-corrected chi connectivity index (χ2v) is 1.89. The zero-order valence-corrected chi connectivity index (χ0v) is 7.14. The normalized spacial score (nSPS) is 8.18. The zero-order chi connectivity index (χ0) is 9.28. The minimum absolute atomic E-state index is 0.176. The number of halogens is 1. The molecule has 0 amide bonds. The van der Waals surface area contributed by atoms with Crippen LogP contribution in [0.4, 0.5) is 0 Å². The van der Waals surface area contributed by atoms with Crippen molar-refractivity contribution in [3.05, 3.63) is 36.4 Å². The van der Waals surface area contributed by atoms with Gasteiger partial charge in [-0.2, -0.15) is 0 Å². The van der Waals surface area contributed by atoms with E-state index >= 15 is 0 Å². The highest BCUT2D eigenvalue weighted by molar-refractivity contribution is 6.25. The molecule has 0 aliphatic carbocycles. The van der Waals surface area contributed by atoms with E-state index in [1.165, 1.54) is 12.5 Å². The maximum atomic E-state index is 9.60. The molecule has 0 aromatic heterocycles. The number of carboxylic acids is 1. The van der Waals surface area contributed by atoms with Crippen molar-refractivity contribution in [2.24, 2.45) is 0 Å². The molecule has 0 heterocycles. The van der Waals surface area contributed by atoms with E-state index in [0.717, 1.165) is 0 Å². The number of allylic oxidation sites excluding steroid dienone is 2. The fraction of sp³-hybridized carbons (Fsp3) is 0.125. The fourth-order valence-electron chi connectivity index (χ4n) is 0.0514. The number of hydrogen-bond donors (Lipinski definition) is 1. The van der Waals surface area contributed by atoms with Gasteiger partial charge in [-0.3, -0.25) is 0 Å². The molecular formula is C8H11ClO2. The smallest absolute Gasteiger partial charge is 0.330 e. The fourth-order valence-corrected chi connectivity index (χ4v) is 0.154. The van der Waals surface area contributed by atoms with E-state index in [1.807, 2.05) is 0 Å². The Morgan fingerprint density at radius 3 is 2.00 bits per heavy atom. The molecule has 0 spiro atoms. The summed E-state index contributed by atoms with van der Waals surface area (Å²) in [6.45, 7) is 7.98. The van der Waals surface area contributed by atoms with Crippen molar-refractivity contribution >= 4 is 17.6 Å². The highest BCUT2D eigenvalue weighted by Gasteiger charge is 1.90. The lowest BCUT2D eigenvalue weighted by Gasteiger charge is -1.79. The third kappa shape index (κ3) is 17.6. The number of rotatable bonds is 2. The Balaban J connectivity index is 0. The first-order chi connectivity index (χ1) is 5.06. The van der Waals surface area contributed by atoms with E-state index in [-0.39, 0.29) is 5.57 Å². The number of carbonyl (C=O) groups is 1. The minimum atomic E-state index is -0.935. The molecule has 62 valence electrons. The Morgan fingerprint density at radius 1 is 1.64 bits per heavy atom. The largest absolute Gasteiger partial charge is 0.478 e. The SMILES string of the molecule is C=C(C)C(=O)O.C=CC=CCl. The summed E-state index contributed by atoms with van der Waals surface area (Å²) < 4.78 is 0. The molecule has 0 aliphatic heterocycles. The van der Waals surface area contributed by atoms with Crippen molar-refractivity contribution in [2.75, 3.05) is 0 Å². The molecule has 0 aliphatic rings. The molecule has 0 atom stereocenters. The van der Waals surface area contributed by atoms with Crippen LogP contribution in [-0.2, 0) is 4.79 Å². The molecule has 11 heavy (non-hydrogen) atoms. The molecule has 1 N–H and O–H groups in total. The predicted octanol–water partition coefficient (Wildman–Crippen LogP) is 2.57. The van der Waals surface area contributed by atoms with Crippen LogP contribution < -0.4 is 0 Å². The molecule has 0 bridgehead atoms. The van der Waals surface area contributed by atoms with Crippen LogP contribution in [0.25, 0.3) is 0 Å². The topological polar surface area (TPSA) is 37.3 Å². The molecular weight excluding hydrogens is 164 g/mol. The van der Waals surface area contributed by atoms with Crippen LogP contribution in [0.15, 0.2) is 36.4 Å². The van der Waals surface area contributed by atoms with Gasteiger partial charge in [0, 0.05) is 11.1 Å². The molecule has 0 aromatic carbocycles. The molecule has 0 radical (unpaired) electrons. The minimum Gasteiger partial charge on any atom is -0.478 e. The first kappa shape index (κ1) is 12.6. The zero-order valence-electron chi connectivity index (χ0n) is 6.38. The number of aliphatic carboxylic acids is 1. The molecule has 0 unspecified atom stereocenters. The summed E-state index contributed by atoms with van der Waals surface area (Å²) >= 11 is 5.05. The quantitative estimate of drug-likeness (QED) is 0.516. The molecule has 0 aromatic rings. The van der Waals surface area contributed by atoms with Gasteiger partial charge in [-0.1, -0.05) is 36.9 Å². The molecule has 2 nitrogen and oxygen atoms in total. The van der Waals surface area contributed by atoms with Crippen LogP contribution in [0.1, 0.15) is 6.92 Å². The summed E-state index contributed by atoms with van der Waals surface area (Å²) in [4.78, 5) is 9.60. The van der Waals surface area contributed by atoms with Crippen LogP contribution in [0.2, 0.25) is 0 Å². The van der Waals surface area contributed by atoms with Gasteiger partial charge in [0.1, 0.15) is 0 Å². The van der Waals surface area contributed by atoms with Crippen LogP contribution in [0.3, 0.4) is 0 Å². The Morgan fingerprint density at radius 2 is 2.00 bits per heavy atom. The summed E-state index contributed by atoms with van der Waals surface area (Å²) in [5.74, 6) is -0.935. The van der Waals surface area contributed by atoms with Crippen molar-refractivity contribution in [3.8, 4) is 0 Å². The molecule has 0 saturated carbocycles. The monoisotopic (exact) mass is 174 g/mol. The van der Waals surface area contributed by atoms with Crippen molar-refractivity contribution in [1.82, 2.24) is 0 Å².